The van der Waals surface area contributed by atoms with E-state index in [0.29, 0.717) is 5.75 Å². The number of aryl methyl sites for hydroxylation is 2. The molecular weight excluding hydrogens is 368 g/mol. The molecule has 0 radical (unpaired) electrons. The van der Waals surface area contributed by atoms with E-state index < -0.39 is 0 Å². The molecule has 1 aromatic carbocycles. The molecule has 2 aliphatic heterocycles. The van der Waals surface area contributed by atoms with Crippen LogP contribution < -0.4 is 4.90 Å². The Kier molecular flexibility index (Phi) is 4.48. The SMILES string of the molecule is Cc1sc2nc(CN3CCCC3)nc(N3CCc4ccc(O)cc4C3)c2c1C. The maximum absolute atomic E-state index is 9.92. The first-order valence-electron chi connectivity index (χ1n) is 10.1. The fraction of sp³-hybridized carbons (Fsp3) is 0.455. The van der Waals surface area contributed by atoms with E-state index in [4.69, 9.17) is 9.97 Å². The first-order valence-corrected chi connectivity index (χ1v) is 10.9. The lowest BCUT2D eigenvalue weighted by atomic mass is 9.99. The second-order valence-corrected chi connectivity index (χ2v) is 9.24. The number of phenols is 1. The van der Waals surface area contributed by atoms with Crippen molar-refractivity contribution in [1.82, 2.24) is 14.9 Å². The first kappa shape index (κ1) is 17.9. The average molecular weight is 395 g/mol. The van der Waals surface area contributed by atoms with Crippen LogP contribution in [0.3, 0.4) is 0 Å². The molecule has 0 unspecified atom stereocenters. The summed E-state index contributed by atoms with van der Waals surface area (Å²) in [6.07, 6.45) is 3.53. The number of rotatable bonds is 3. The number of hydrogen-bond donors (Lipinski definition) is 1. The molecule has 2 aromatic heterocycles. The highest BCUT2D eigenvalue weighted by molar-refractivity contribution is 7.18. The Morgan fingerprint density at radius 2 is 1.89 bits per heavy atom. The molecule has 0 saturated carbocycles. The summed E-state index contributed by atoms with van der Waals surface area (Å²) in [5, 5.41) is 11.1. The topological polar surface area (TPSA) is 52.5 Å². The van der Waals surface area contributed by atoms with Gasteiger partial charge in [0.05, 0.1) is 11.9 Å². The van der Waals surface area contributed by atoms with Crippen molar-refractivity contribution in [1.29, 1.82) is 0 Å². The summed E-state index contributed by atoms with van der Waals surface area (Å²) in [6.45, 7) is 9.23. The summed E-state index contributed by atoms with van der Waals surface area (Å²) in [4.78, 5) is 17.3. The fourth-order valence-electron chi connectivity index (χ4n) is 4.44. The number of fused-ring (bicyclic) bond motifs is 2. The zero-order chi connectivity index (χ0) is 19.3. The molecule has 4 heterocycles. The van der Waals surface area contributed by atoms with Gasteiger partial charge in [0, 0.05) is 18.0 Å². The highest BCUT2D eigenvalue weighted by atomic mass is 32.1. The number of likely N-dealkylation sites (tertiary alicyclic amines) is 1. The van der Waals surface area contributed by atoms with Crippen LogP contribution in [0.1, 0.15) is 40.2 Å². The minimum absolute atomic E-state index is 0.339. The Hall–Kier alpha value is -2.18. The molecule has 28 heavy (non-hydrogen) atoms. The summed E-state index contributed by atoms with van der Waals surface area (Å²) >= 11 is 1.78. The van der Waals surface area contributed by atoms with Gasteiger partial charge in [-0.15, -0.1) is 11.3 Å². The maximum Gasteiger partial charge on any atom is 0.146 e. The predicted octanol–water partition coefficient (Wildman–Crippen LogP) is 4.17. The van der Waals surface area contributed by atoms with E-state index in [-0.39, 0.29) is 0 Å². The van der Waals surface area contributed by atoms with Crippen LogP contribution in [-0.2, 0) is 19.5 Å². The van der Waals surface area contributed by atoms with Crippen molar-refractivity contribution < 1.29 is 5.11 Å². The van der Waals surface area contributed by atoms with Crippen molar-refractivity contribution in [3.05, 3.63) is 45.6 Å². The molecule has 1 fully saturated rings. The average Bonchev–Trinajstić information content (AvgIpc) is 3.29. The van der Waals surface area contributed by atoms with Gasteiger partial charge in [0.25, 0.3) is 0 Å². The van der Waals surface area contributed by atoms with E-state index in [1.54, 1.807) is 17.4 Å². The van der Waals surface area contributed by atoms with Gasteiger partial charge in [-0.25, -0.2) is 9.97 Å². The number of phenolic OH excluding ortho intramolecular Hbond substituents is 1. The van der Waals surface area contributed by atoms with E-state index in [2.05, 4.69) is 29.7 Å². The summed E-state index contributed by atoms with van der Waals surface area (Å²) in [6, 6.07) is 5.74. The van der Waals surface area contributed by atoms with Crippen LogP contribution in [0.15, 0.2) is 18.2 Å². The smallest absolute Gasteiger partial charge is 0.146 e. The molecule has 0 amide bonds. The lowest BCUT2D eigenvalue weighted by molar-refractivity contribution is 0.323. The number of benzene rings is 1. The Morgan fingerprint density at radius 3 is 2.71 bits per heavy atom. The van der Waals surface area contributed by atoms with Gasteiger partial charge >= 0.3 is 0 Å². The van der Waals surface area contributed by atoms with Crippen molar-refractivity contribution >= 4 is 27.4 Å². The van der Waals surface area contributed by atoms with Crippen molar-refractivity contribution in [3.8, 4) is 5.75 Å². The van der Waals surface area contributed by atoms with Gasteiger partial charge in [0.2, 0.25) is 0 Å². The number of aromatic hydroxyl groups is 1. The zero-order valence-electron chi connectivity index (χ0n) is 16.5. The number of nitrogens with zero attached hydrogens (tertiary/aromatic N) is 4. The predicted molar refractivity (Wildman–Crippen MR) is 114 cm³/mol. The Bertz CT molecular complexity index is 1040. The van der Waals surface area contributed by atoms with Gasteiger partial charge in [0.1, 0.15) is 22.2 Å². The van der Waals surface area contributed by atoms with Crippen LogP contribution in [0.25, 0.3) is 10.2 Å². The van der Waals surface area contributed by atoms with Crippen LogP contribution in [0, 0.1) is 13.8 Å². The molecular formula is C22H26N4OS. The fourth-order valence-corrected chi connectivity index (χ4v) is 5.48. The Morgan fingerprint density at radius 1 is 1.07 bits per heavy atom. The van der Waals surface area contributed by atoms with Crippen LogP contribution in [0.2, 0.25) is 0 Å². The molecule has 0 bridgehead atoms. The highest BCUT2D eigenvalue weighted by Crippen LogP contribution is 2.37. The lowest BCUT2D eigenvalue weighted by Gasteiger charge is -2.31. The minimum Gasteiger partial charge on any atom is -0.508 e. The standard InChI is InChI=1S/C22H26N4OS/c1-14-15(2)28-22-20(14)21(23-19(24-22)13-25-8-3-4-9-25)26-10-7-16-5-6-18(27)11-17(16)12-26/h5-6,11,27H,3-4,7-10,12-13H2,1-2H3. The third-order valence-corrected chi connectivity index (χ3v) is 7.22. The minimum atomic E-state index is 0.339. The number of thiophene rings is 1. The monoisotopic (exact) mass is 394 g/mol. The number of hydrogen-bond acceptors (Lipinski definition) is 6. The molecule has 0 spiro atoms. The van der Waals surface area contributed by atoms with Gasteiger partial charge in [0.15, 0.2) is 0 Å². The van der Waals surface area contributed by atoms with E-state index in [1.165, 1.54) is 39.8 Å². The summed E-state index contributed by atoms with van der Waals surface area (Å²) < 4.78 is 0. The molecule has 1 N–H and O–H groups in total. The molecule has 1 saturated heterocycles. The Labute approximate surface area is 169 Å². The van der Waals surface area contributed by atoms with Gasteiger partial charge in [-0.2, -0.15) is 0 Å². The zero-order valence-corrected chi connectivity index (χ0v) is 17.3. The van der Waals surface area contributed by atoms with Gasteiger partial charge in [-0.1, -0.05) is 6.07 Å². The summed E-state index contributed by atoms with van der Waals surface area (Å²) in [7, 11) is 0. The summed E-state index contributed by atoms with van der Waals surface area (Å²) in [5.74, 6) is 2.34. The van der Waals surface area contributed by atoms with Crippen molar-refractivity contribution in [2.75, 3.05) is 24.5 Å². The highest BCUT2D eigenvalue weighted by Gasteiger charge is 2.24. The first-order chi connectivity index (χ1) is 13.6. The molecule has 2 aliphatic rings. The third kappa shape index (κ3) is 3.14. The van der Waals surface area contributed by atoms with E-state index in [0.717, 1.165) is 55.6 Å². The van der Waals surface area contributed by atoms with E-state index in [9.17, 15) is 5.11 Å². The molecule has 5 rings (SSSR count). The molecule has 0 aliphatic carbocycles. The maximum atomic E-state index is 9.92. The number of anilines is 1. The number of aromatic nitrogens is 2. The van der Waals surface area contributed by atoms with E-state index >= 15 is 0 Å². The van der Waals surface area contributed by atoms with Crippen LogP contribution in [0.5, 0.6) is 5.75 Å². The van der Waals surface area contributed by atoms with Crippen LogP contribution >= 0.6 is 11.3 Å². The van der Waals surface area contributed by atoms with Gasteiger partial charge in [-0.05, 0) is 75.0 Å². The normalized spacial score (nSPS) is 17.4. The quantitative estimate of drug-likeness (QED) is 0.722. The lowest BCUT2D eigenvalue weighted by Crippen LogP contribution is -2.32. The van der Waals surface area contributed by atoms with Crippen molar-refractivity contribution in [2.45, 2.75) is 46.2 Å². The van der Waals surface area contributed by atoms with Crippen LogP contribution in [0.4, 0.5) is 5.82 Å². The second kappa shape index (κ2) is 7.01. The van der Waals surface area contributed by atoms with Crippen LogP contribution in [-0.4, -0.2) is 39.6 Å². The molecule has 146 valence electrons. The molecule has 5 nitrogen and oxygen atoms in total. The van der Waals surface area contributed by atoms with Crippen molar-refractivity contribution in [2.24, 2.45) is 0 Å². The third-order valence-electron chi connectivity index (χ3n) is 6.12. The molecule has 0 atom stereocenters. The van der Waals surface area contributed by atoms with Crippen molar-refractivity contribution in [3.63, 3.8) is 0 Å². The van der Waals surface area contributed by atoms with Gasteiger partial charge in [-0.3, -0.25) is 4.90 Å². The second-order valence-electron chi connectivity index (χ2n) is 8.03. The molecule has 6 heteroatoms. The molecule has 3 aromatic rings. The summed E-state index contributed by atoms with van der Waals surface area (Å²) in [5.41, 5.74) is 3.82. The van der Waals surface area contributed by atoms with Gasteiger partial charge < -0.3 is 10.0 Å². The largest absolute Gasteiger partial charge is 0.508 e. The van der Waals surface area contributed by atoms with E-state index in [1.807, 2.05) is 6.07 Å². The Balaban J connectivity index is 1.57.